The molecule has 2 aromatic carbocycles. The topological polar surface area (TPSA) is 45.7 Å². The number of hydrogen-bond donors (Lipinski definition) is 0. The smallest absolute Gasteiger partial charge is 0.261 e. The molecule has 0 spiro atoms. The van der Waals surface area contributed by atoms with Crippen molar-refractivity contribution < 1.29 is 13.9 Å². The molecule has 1 aliphatic heterocycles. The van der Waals surface area contributed by atoms with Gasteiger partial charge in [0.15, 0.2) is 5.13 Å². The molecule has 0 atom stereocenters. The number of para-hydroxylation sites is 1. The van der Waals surface area contributed by atoms with E-state index >= 15 is 0 Å². The van der Waals surface area contributed by atoms with E-state index in [1.165, 1.54) is 23.5 Å². The van der Waals surface area contributed by atoms with Gasteiger partial charge in [-0.15, -0.1) is 0 Å². The van der Waals surface area contributed by atoms with E-state index in [-0.39, 0.29) is 16.4 Å². The van der Waals surface area contributed by atoms with Crippen LogP contribution in [0.25, 0.3) is 10.2 Å². The molecule has 1 fully saturated rings. The van der Waals surface area contributed by atoms with Crippen LogP contribution in [0.2, 0.25) is 10.0 Å². The van der Waals surface area contributed by atoms with Crippen molar-refractivity contribution in [3.63, 3.8) is 0 Å². The first kappa shape index (κ1) is 20.5. The van der Waals surface area contributed by atoms with Crippen molar-refractivity contribution in [1.82, 2.24) is 9.88 Å². The minimum atomic E-state index is -0.407. The maximum absolute atomic E-state index is 14.2. The zero-order valence-electron chi connectivity index (χ0n) is 15.4. The molecule has 1 aliphatic rings. The molecule has 0 N–H and O–H groups in total. The Morgan fingerprint density at radius 1 is 1.24 bits per heavy atom. The summed E-state index contributed by atoms with van der Waals surface area (Å²) >= 11 is 13.5. The molecule has 9 heteroatoms. The van der Waals surface area contributed by atoms with Crippen molar-refractivity contribution in [3.05, 3.63) is 57.8 Å². The highest BCUT2D eigenvalue weighted by molar-refractivity contribution is 7.22. The molecule has 3 aromatic rings. The summed E-state index contributed by atoms with van der Waals surface area (Å²) in [5, 5.41) is 1.16. The van der Waals surface area contributed by atoms with Crippen LogP contribution in [0.15, 0.2) is 36.4 Å². The van der Waals surface area contributed by atoms with E-state index in [4.69, 9.17) is 27.9 Å². The molecule has 152 valence electrons. The SMILES string of the molecule is O=C(c1ccc(Cl)cc1Cl)N(CCN1CCOCC1)c1nc2c(F)cccc2s1. The summed E-state index contributed by atoms with van der Waals surface area (Å²) < 4.78 is 20.2. The van der Waals surface area contributed by atoms with E-state index in [1.54, 1.807) is 29.2 Å². The summed E-state index contributed by atoms with van der Waals surface area (Å²) in [7, 11) is 0. The van der Waals surface area contributed by atoms with Crippen molar-refractivity contribution in [2.24, 2.45) is 0 Å². The number of carbonyl (C=O) groups is 1. The third-order valence-corrected chi connectivity index (χ3v) is 6.33. The average Bonchev–Trinajstić information content (AvgIpc) is 3.14. The van der Waals surface area contributed by atoms with Gasteiger partial charge in [0.05, 0.1) is 28.5 Å². The van der Waals surface area contributed by atoms with Crippen LogP contribution >= 0.6 is 34.5 Å². The Morgan fingerprint density at radius 3 is 2.76 bits per heavy atom. The zero-order chi connectivity index (χ0) is 20.4. The molecule has 0 unspecified atom stereocenters. The van der Waals surface area contributed by atoms with Gasteiger partial charge in [-0.1, -0.05) is 40.6 Å². The monoisotopic (exact) mass is 453 g/mol. The van der Waals surface area contributed by atoms with Crippen LogP contribution in [0.4, 0.5) is 9.52 Å². The van der Waals surface area contributed by atoms with E-state index in [1.807, 2.05) is 0 Å². The average molecular weight is 454 g/mol. The van der Waals surface area contributed by atoms with Crippen LogP contribution in [0, 0.1) is 5.82 Å². The molecule has 0 radical (unpaired) electrons. The molecule has 1 saturated heterocycles. The molecule has 1 aromatic heterocycles. The summed E-state index contributed by atoms with van der Waals surface area (Å²) in [5.41, 5.74) is 0.594. The summed E-state index contributed by atoms with van der Waals surface area (Å²) in [5.74, 6) is -0.700. The maximum atomic E-state index is 14.2. The number of hydrogen-bond acceptors (Lipinski definition) is 5. The summed E-state index contributed by atoms with van der Waals surface area (Å²) in [6.07, 6.45) is 0. The minimum absolute atomic E-state index is 0.263. The van der Waals surface area contributed by atoms with Gasteiger partial charge in [-0.3, -0.25) is 14.6 Å². The van der Waals surface area contributed by atoms with Gasteiger partial charge in [0, 0.05) is 31.2 Å². The lowest BCUT2D eigenvalue weighted by Crippen LogP contribution is -2.43. The molecule has 0 bridgehead atoms. The second-order valence-corrected chi connectivity index (χ2v) is 8.47. The molecular weight excluding hydrogens is 436 g/mol. The van der Waals surface area contributed by atoms with E-state index in [9.17, 15) is 9.18 Å². The van der Waals surface area contributed by atoms with Gasteiger partial charge in [-0.25, -0.2) is 9.37 Å². The number of morpholine rings is 1. The Balaban J connectivity index is 1.67. The molecule has 1 amide bonds. The Hall–Kier alpha value is -1.77. The van der Waals surface area contributed by atoms with Crippen LogP contribution in [-0.2, 0) is 4.74 Å². The fourth-order valence-corrected chi connectivity index (χ4v) is 4.67. The summed E-state index contributed by atoms with van der Waals surface area (Å²) in [6, 6.07) is 9.55. The van der Waals surface area contributed by atoms with E-state index < -0.39 is 5.82 Å². The number of amides is 1. The fourth-order valence-electron chi connectivity index (χ4n) is 3.18. The van der Waals surface area contributed by atoms with Gasteiger partial charge in [-0.2, -0.15) is 0 Å². The number of fused-ring (bicyclic) bond motifs is 1. The number of halogens is 3. The molecule has 0 aliphatic carbocycles. The third kappa shape index (κ3) is 4.54. The third-order valence-electron chi connectivity index (χ3n) is 4.74. The number of thiazole rings is 1. The summed E-state index contributed by atoms with van der Waals surface area (Å²) in [6.45, 7) is 4.00. The standard InChI is InChI=1S/C20H18Cl2FN3O2S/c21-13-4-5-14(15(22)12-13)19(27)26(7-6-25-8-10-28-11-9-25)20-24-18-16(23)2-1-3-17(18)29-20/h1-5,12H,6-11H2. The normalized spacial score (nSPS) is 15.0. The van der Waals surface area contributed by atoms with Crippen molar-refractivity contribution in [1.29, 1.82) is 0 Å². The van der Waals surface area contributed by atoms with Gasteiger partial charge in [0.2, 0.25) is 0 Å². The predicted molar refractivity (Wildman–Crippen MR) is 115 cm³/mol. The Kier molecular flexibility index (Phi) is 6.32. The largest absolute Gasteiger partial charge is 0.379 e. The number of carbonyl (C=O) groups excluding carboxylic acids is 1. The fraction of sp³-hybridized carbons (Fsp3) is 0.300. The molecule has 5 nitrogen and oxygen atoms in total. The highest BCUT2D eigenvalue weighted by Crippen LogP contribution is 2.32. The number of ether oxygens (including phenoxy) is 1. The van der Waals surface area contributed by atoms with Crippen molar-refractivity contribution >= 4 is 55.8 Å². The van der Waals surface area contributed by atoms with E-state index in [0.717, 1.165) is 13.1 Å². The van der Waals surface area contributed by atoms with Crippen molar-refractivity contribution in [2.45, 2.75) is 0 Å². The van der Waals surface area contributed by atoms with Crippen LogP contribution < -0.4 is 4.90 Å². The Bertz CT molecular complexity index is 1040. The van der Waals surface area contributed by atoms with Crippen LogP contribution in [0.3, 0.4) is 0 Å². The Morgan fingerprint density at radius 2 is 2.03 bits per heavy atom. The first-order chi connectivity index (χ1) is 14.0. The number of rotatable bonds is 5. The number of aromatic nitrogens is 1. The number of anilines is 1. The van der Waals surface area contributed by atoms with Crippen molar-refractivity contribution in [2.75, 3.05) is 44.3 Å². The van der Waals surface area contributed by atoms with Gasteiger partial charge in [0.25, 0.3) is 5.91 Å². The number of benzene rings is 2. The molecule has 4 rings (SSSR count). The van der Waals surface area contributed by atoms with Crippen LogP contribution in [-0.4, -0.2) is 55.2 Å². The quantitative estimate of drug-likeness (QED) is 0.560. The van der Waals surface area contributed by atoms with Gasteiger partial charge in [-0.05, 0) is 30.3 Å². The highest BCUT2D eigenvalue weighted by atomic mass is 35.5. The summed E-state index contributed by atoms with van der Waals surface area (Å²) in [4.78, 5) is 21.5. The molecule has 29 heavy (non-hydrogen) atoms. The predicted octanol–water partition coefficient (Wildman–Crippen LogP) is 4.72. The number of nitrogens with zero attached hydrogens (tertiary/aromatic N) is 3. The maximum Gasteiger partial charge on any atom is 0.261 e. The Labute approximate surface area is 181 Å². The van der Waals surface area contributed by atoms with Crippen LogP contribution in [0.1, 0.15) is 10.4 Å². The zero-order valence-corrected chi connectivity index (χ0v) is 17.7. The lowest BCUT2D eigenvalue weighted by Gasteiger charge is -2.29. The molecular formula is C20H18Cl2FN3O2S. The van der Waals surface area contributed by atoms with Gasteiger partial charge >= 0.3 is 0 Å². The van der Waals surface area contributed by atoms with E-state index in [0.29, 0.717) is 46.7 Å². The molecule has 0 saturated carbocycles. The minimum Gasteiger partial charge on any atom is -0.379 e. The lowest BCUT2D eigenvalue weighted by atomic mass is 10.2. The molecule has 2 heterocycles. The highest BCUT2D eigenvalue weighted by Gasteiger charge is 2.25. The van der Waals surface area contributed by atoms with Gasteiger partial charge < -0.3 is 4.74 Å². The first-order valence-corrected chi connectivity index (χ1v) is 10.7. The van der Waals surface area contributed by atoms with Crippen LogP contribution in [0.5, 0.6) is 0 Å². The van der Waals surface area contributed by atoms with Crippen molar-refractivity contribution in [3.8, 4) is 0 Å². The van der Waals surface area contributed by atoms with Gasteiger partial charge in [0.1, 0.15) is 11.3 Å². The lowest BCUT2D eigenvalue weighted by molar-refractivity contribution is 0.0391. The first-order valence-electron chi connectivity index (χ1n) is 9.15. The second-order valence-electron chi connectivity index (χ2n) is 6.62. The van der Waals surface area contributed by atoms with E-state index in [2.05, 4.69) is 9.88 Å². The second kappa shape index (κ2) is 8.93.